The summed E-state index contributed by atoms with van der Waals surface area (Å²) in [6.45, 7) is 3.50. The van der Waals surface area contributed by atoms with Crippen LogP contribution in [0.3, 0.4) is 0 Å². The van der Waals surface area contributed by atoms with Gasteiger partial charge in [-0.2, -0.15) is 0 Å². The van der Waals surface area contributed by atoms with Crippen molar-refractivity contribution in [3.63, 3.8) is 0 Å². The summed E-state index contributed by atoms with van der Waals surface area (Å²) in [7, 11) is 2.02. The highest BCUT2D eigenvalue weighted by Crippen LogP contribution is 2.23. The maximum absolute atomic E-state index is 13.3. The summed E-state index contributed by atoms with van der Waals surface area (Å²) in [6, 6.07) is 15.7. The Bertz CT molecular complexity index is 1180. The van der Waals surface area contributed by atoms with Gasteiger partial charge in [-0.25, -0.2) is 4.40 Å². The van der Waals surface area contributed by atoms with Crippen LogP contribution in [0, 0.1) is 0 Å². The molecule has 0 radical (unpaired) electrons. The minimum Gasteiger partial charge on any atom is -0.344 e. The van der Waals surface area contributed by atoms with Crippen LogP contribution in [0.25, 0.3) is 16.7 Å². The number of nitrogens with zero attached hydrogens (tertiary/aromatic N) is 5. The van der Waals surface area contributed by atoms with E-state index in [4.69, 9.17) is 0 Å². The van der Waals surface area contributed by atoms with Crippen LogP contribution in [0.4, 0.5) is 5.95 Å². The Kier molecular flexibility index (Phi) is 5.17. The Hall–Kier alpha value is -2.67. The largest absolute Gasteiger partial charge is 0.344 e. The lowest BCUT2D eigenvalue weighted by molar-refractivity contribution is 0.744. The molecule has 144 valence electrons. The zero-order chi connectivity index (χ0) is 19.7. The van der Waals surface area contributed by atoms with Gasteiger partial charge in [0.05, 0.1) is 17.4 Å². The van der Waals surface area contributed by atoms with E-state index in [0.717, 1.165) is 40.9 Å². The van der Waals surface area contributed by atoms with Crippen LogP contribution in [-0.2, 0) is 6.54 Å². The molecule has 7 heteroatoms. The number of unbranched alkanes of at least 4 members (excludes halogenated alkanes) is 1. The summed E-state index contributed by atoms with van der Waals surface area (Å²) in [6.07, 6.45) is 2.17. The lowest BCUT2D eigenvalue weighted by Gasteiger charge is -2.18. The molecule has 0 saturated carbocycles. The molecule has 0 spiro atoms. The highest BCUT2D eigenvalue weighted by atomic mass is 79.9. The van der Waals surface area contributed by atoms with E-state index in [9.17, 15) is 4.79 Å². The zero-order valence-electron chi connectivity index (χ0n) is 16.0. The van der Waals surface area contributed by atoms with Crippen LogP contribution < -0.4 is 10.5 Å². The Morgan fingerprint density at radius 2 is 1.89 bits per heavy atom. The van der Waals surface area contributed by atoms with E-state index in [1.54, 1.807) is 4.57 Å². The molecule has 0 unspecified atom stereocenters. The molecule has 4 rings (SSSR count). The fraction of sp³-hybridized carbons (Fsp3) is 0.286. The van der Waals surface area contributed by atoms with Crippen molar-refractivity contribution < 1.29 is 0 Å². The van der Waals surface area contributed by atoms with Crippen LogP contribution in [0.1, 0.15) is 25.3 Å². The Morgan fingerprint density at radius 3 is 2.64 bits per heavy atom. The second-order valence-corrected chi connectivity index (χ2v) is 7.86. The van der Waals surface area contributed by atoms with Crippen LogP contribution in [0.15, 0.2) is 57.8 Å². The Labute approximate surface area is 171 Å². The summed E-state index contributed by atoms with van der Waals surface area (Å²) in [4.78, 5) is 15.4. The molecule has 0 aliphatic heterocycles. The molecule has 0 saturated heterocycles. The van der Waals surface area contributed by atoms with Gasteiger partial charge in [0.2, 0.25) is 11.7 Å². The second-order valence-electron chi connectivity index (χ2n) is 6.95. The lowest BCUT2D eigenvalue weighted by Crippen LogP contribution is -2.26. The van der Waals surface area contributed by atoms with Crippen LogP contribution in [0.5, 0.6) is 0 Å². The topological polar surface area (TPSA) is 55.4 Å². The Morgan fingerprint density at radius 1 is 1.11 bits per heavy atom. The summed E-state index contributed by atoms with van der Waals surface area (Å²) >= 11 is 3.50. The summed E-state index contributed by atoms with van der Waals surface area (Å²) in [5, 5.41) is 9.47. The molecule has 0 amide bonds. The van der Waals surface area contributed by atoms with E-state index in [-0.39, 0.29) is 5.56 Å². The molecule has 0 N–H and O–H groups in total. The normalized spacial score (nSPS) is 11.4. The van der Waals surface area contributed by atoms with Gasteiger partial charge in [-0.15, -0.1) is 10.2 Å². The second kappa shape index (κ2) is 7.75. The predicted molar refractivity (Wildman–Crippen MR) is 116 cm³/mol. The van der Waals surface area contributed by atoms with E-state index in [1.807, 2.05) is 60.0 Å². The van der Waals surface area contributed by atoms with Crippen molar-refractivity contribution in [3.05, 3.63) is 68.9 Å². The number of aromatic nitrogens is 4. The predicted octanol–water partition coefficient (Wildman–Crippen LogP) is 4.09. The number of fused-ring (bicyclic) bond motifs is 3. The summed E-state index contributed by atoms with van der Waals surface area (Å²) < 4.78 is 4.56. The quantitative estimate of drug-likeness (QED) is 0.453. The first-order valence-corrected chi connectivity index (χ1v) is 10.2. The fourth-order valence-electron chi connectivity index (χ4n) is 3.42. The van der Waals surface area contributed by atoms with Crippen molar-refractivity contribution in [2.75, 3.05) is 18.5 Å². The highest BCUT2D eigenvalue weighted by molar-refractivity contribution is 9.10. The molecule has 0 bridgehead atoms. The number of anilines is 1. The number of hydrogen-bond donors (Lipinski definition) is 0. The molecular formula is C21H22BrN5O. The highest BCUT2D eigenvalue weighted by Gasteiger charge is 2.19. The molecule has 2 aromatic carbocycles. The first-order chi connectivity index (χ1) is 13.6. The third-order valence-corrected chi connectivity index (χ3v) is 5.41. The van der Waals surface area contributed by atoms with Gasteiger partial charge < -0.3 is 4.90 Å². The van der Waals surface area contributed by atoms with Gasteiger partial charge in [0.1, 0.15) is 0 Å². The first kappa shape index (κ1) is 18.7. The number of halogens is 1. The van der Waals surface area contributed by atoms with Crippen LogP contribution >= 0.6 is 15.9 Å². The minimum atomic E-state index is -0.0668. The van der Waals surface area contributed by atoms with Gasteiger partial charge in [-0.1, -0.05) is 59.6 Å². The molecular weight excluding hydrogens is 418 g/mol. The smallest absolute Gasteiger partial charge is 0.263 e. The zero-order valence-corrected chi connectivity index (χ0v) is 17.6. The maximum atomic E-state index is 13.3. The molecule has 2 aromatic heterocycles. The first-order valence-electron chi connectivity index (χ1n) is 9.42. The molecule has 0 fully saturated rings. The van der Waals surface area contributed by atoms with Crippen LogP contribution in [-0.4, -0.2) is 32.8 Å². The summed E-state index contributed by atoms with van der Waals surface area (Å²) in [5.41, 5.74) is 1.79. The van der Waals surface area contributed by atoms with Gasteiger partial charge in [-0.3, -0.25) is 9.36 Å². The number of rotatable bonds is 6. The van der Waals surface area contributed by atoms with E-state index in [0.29, 0.717) is 17.7 Å². The lowest BCUT2D eigenvalue weighted by atomic mass is 10.2. The van der Waals surface area contributed by atoms with Gasteiger partial charge in [0.15, 0.2) is 0 Å². The molecule has 2 heterocycles. The van der Waals surface area contributed by atoms with Gasteiger partial charge in [-0.05, 0) is 30.2 Å². The van der Waals surface area contributed by atoms with Gasteiger partial charge >= 0.3 is 0 Å². The van der Waals surface area contributed by atoms with Crippen molar-refractivity contribution in [1.82, 2.24) is 19.2 Å². The molecule has 0 aliphatic carbocycles. The molecule has 28 heavy (non-hydrogen) atoms. The average molecular weight is 440 g/mol. The Balaban J connectivity index is 1.99. The molecule has 0 aliphatic rings. The van der Waals surface area contributed by atoms with Gasteiger partial charge in [0.25, 0.3) is 5.56 Å². The van der Waals surface area contributed by atoms with Crippen LogP contribution in [0.2, 0.25) is 0 Å². The van der Waals surface area contributed by atoms with E-state index >= 15 is 0 Å². The van der Waals surface area contributed by atoms with E-state index < -0.39 is 0 Å². The molecule has 6 nitrogen and oxygen atoms in total. The monoisotopic (exact) mass is 439 g/mol. The third-order valence-electron chi connectivity index (χ3n) is 4.92. The molecule has 4 aromatic rings. The van der Waals surface area contributed by atoms with Crippen molar-refractivity contribution in [1.29, 1.82) is 0 Å². The van der Waals surface area contributed by atoms with Gasteiger partial charge in [0, 0.05) is 18.1 Å². The van der Waals surface area contributed by atoms with E-state index in [1.165, 1.54) is 0 Å². The SMILES string of the molecule is CCCCN(C)c1nnc2n(Cc3ccccc3)c(=O)c3cc(Br)ccc3n12. The third kappa shape index (κ3) is 3.30. The molecule has 0 atom stereocenters. The van der Waals surface area contributed by atoms with Crippen molar-refractivity contribution in [2.24, 2.45) is 0 Å². The average Bonchev–Trinajstić information content (AvgIpc) is 3.15. The van der Waals surface area contributed by atoms with E-state index in [2.05, 4.69) is 38.0 Å². The number of benzene rings is 2. The maximum Gasteiger partial charge on any atom is 0.263 e. The van der Waals surface area contributed by atoms with Crippen molar-refractivity contribution in [2.45, 2.75) is 26.3 Å². The standard InChI is InChI=1S/C21H22BrN5O/c1-3-4-12-25(2)20-23-24-21-26(14-15-8-6-5-7-9-15)19(28)17-13-16(22)10-11-18(17)27(20)21/h5-11,13H,3-4,12,14H2,1-2H3. The van der Waals surface area contributed by atoms with Crippen molar-refractivity contribution >= 4 is 38.6 Å². The fourth-order valence-corrected chi connectivity index (χ4v) is 3.78. The number of hydrogen-bond acceptors (Lipinski definition) is 4. The minimum absolute atomic E-state index is 0.0668. The van der Waals surface area contributed by atoms with Crippen molar-refractivity contribution in [3.8, 4) is 0 Å². The summed E-state index contributed by atoms with van der Waals surface area (Å²) in [5.74, 6) is 1.31.